The summed E-state index contributed by atoms with van der Waals surface area (Å²) in [4.78, 5) is 0. The molecule has 1 spiro atoms. The van der Waals surface area contributed by atoms with Crippen molar-refractivity contribution in [3.63, 3.8) is 0 Å². The minimum atomic E-state index is -4.14. The molecule has 1 aliphatic carbocycles. The SMILES string of the molecule is CCC[C@@H]1CCC2(CC1C(F)(F)F)OCCO2. The fourth-order valence-corrected chi connectivity index (χ4v) is 3.07. The zero-order valence-electron chi connectivity index (χ0n) is 10.1. The Labute approximate surface area is 99.5 Å². The summed E-state index contributed by atoms with van der Waals surface area (Å²) in [5.74, 6) is -2.47. The van der Waals surface area contributed by atoms with Gasteiger partial charge in [-0.05, 0) is 12.3 Å². The maximum Gasteiger partial charge on any atom is 0.392 e. The van der Waals surface area contributed by atoms with Crippen LogP contribution in [0.15, 0.2) is 0 Å². The Morgan fingerprint density at radius 2 is 1.88 bits per heavy atom. The quantitative estimate of drug-likeness (QED) is 0.748. The monoisotopic (exact) mass is 252 g/mol. The largest absolute Gasteiger partial charge is 0.392 e. The van der Waals surface area contributed by atoms with E-state index < -0.39 is 17.9 Å². The van der Waals surface area contributed by atoms with E-state index in [9.17, 15) is 13.2 Å². The molecule has 17 heavy (non-hydrogen) atoms. The minimum Gasteiger partial charge on any atom is -0.348 e. The van der Waals surface area contributed by atoms with Crippen molar-refractivity contribution in [2.24, 2.45) is 11.8 Å². The second kappa shape index (κ2) is 4.76. The molecule has 1 unspecified atom stereocenters. The van der Waals surface area contributed by atoms with Crippen molar-refractivity contribution in [2.75, 3.05) is 13.2 Å². The minimum absolute atomic E-state index is 0.0266. The third-order valence-corrected chi connectivity index (χ3v) is 3.89. The van der Waals surface area contributed by atoms with Gasteiger partial charge in [0.1, 0.15) is 0 Å². The third-order valence-electron chi connectivity index (χ3n) is 3.89. The second-order valence-corrected chi connectivity index (χ2v) is 5.05. The Kier molecular flexibility index (Phi) is 3.69. The summed E-state index contributed by atoms with van der Waals surface area (Å²) >= 11 is 0. The van der Waals surface area contributed by atoms with E-state index in [2.05, 4.69) is 0 Å². The summed E-state index contributed by atoms with van der Waals surface area (Å²) in [7, 11) is 0. The molecular formula is C12H19F3O2. The molecule has 5 heteroatoms. The Hall–Kier alpha value is -0.290. The van der Waals surface area contributed by atoms with Crippen LogP contribution in [-0.4, -0.2) is 25.2 Å². The maximum absolute atomic E-state index is 13.0. The van der Waals surface area contributed by atoms with Crippen molar-refractivity contribution in [1.82, 2.24) is 0 Å². The van der Waals surface area contributed by atoms with Crippen molar-refractivity contribution in [3.05, 3.63) is 0 Å². The van der Waals surface area contributed by atoms with Crippen LogP contribution >= 0.6 is 0 Å². The van der Waals surface area contributed by atoms with Gasteiger partial charge in [-0.3, -0.25) is 0 Å². The lowest BCUT2D eigenvalue weighted by molar-refractivity contribution is -0.258. The summed E-state index contributed by atoms with van der Waals surface area (Å²) in [5.41, 5.74) is 0. The van der Waals surface area contributed by atoms with Crippen LogP contribution < -0.4 is 0 Å². The van der Waals surface area contributed by atoms with Crippen LogP contribution in [0.5, 0.6) is 0 Å². The van der Waals surface area contributed by atoms with Gasteiger partial charge in [-0.2, -0.15) is 13.2 Å². The first-order valence-corrected chi connectivity index (χ1v) is 6.31. The molecular weight excluding hydrogens is 233 g/mol. The number of hydrogen-bond acceptors (Lipinski definition) is 2. The molecule has 0 aromatic carbocycles. The molecule has 0 amide bonds. The van der Waals surface area contributed by atoms with Gasteiger partial charge in [0.25, 0.3) is 0 Å². The molecule has 2 atom stereocenters. The number of halogens is 3. The summed E-state index contributed by atoms with van der Waals surface area (Å²) in [5, 5.41) is 0. The zero-order chi connectivity index (χ0) is 12.5. The highest BCUT2D eigenvalue weighted by atomic mass is 19.4. The molecule has 0 aromatic heterocycles. The first-order chi connectivity index (χ1) is 7.97. The summed E-state index contributed by atoms with van der Waals surface area (Å²) in [6.45, 7) is 2.77. The van der Waals surface area contributed by atoms with Gasteiger partial charge in [-0.1, -0.05) is 19.8 Å². The molecule has 100 valence electrons. The smallest absolute Gasteiger partial charge is 0.348 e. The third kappa shape index (κ3) is 2.76. The second-order valence-electron chi connectivity index (χ2n) is 5.05. The van der Waals surface area contributed by atoms with E-state index in [-0.39, 0.29) is 12.3 Å². The molecule has 2 aliphatic rings. The van der Waals surface area contributed by atoms with Crippen molar-refractivity contribution in [3.8, 4) is 0 Å². The van der Waals surface area contributed by atoms with Gasteiger partial charge in [0, 0.05) is 12.8 Å². The highest BCUT2D eigenvalue weighted by molar-refractivity contribution is 4.90. The van der Waals surface area contributed by atoms with E-state index in [0.29, 0.717) is 32.5 Å². The molecule has 2 rings (SSSR count). The first-order valence-electron chi connectivity index (χ1n) is 6.31. The summed E-state index contributed by atoms with van der Waals surface area (Å²) < 4.78 is 49.9. The first kappa shape index (κ1) is 13.1. The van der Waals surface area contributed by atoms with E-state index >= 15 is 0 Å². The van der Waals surface area contributed by atoms with Crippen molar-refractivity contribution >= 4 is 0 Å². The Morgan fingerprint density at radius 1 is 1.24 bits per heavy atom. The van der Waals surface area contributed by atoms with Gasteiger partial charge in [0.05, 0.1) is 19.1 Å². The van der Waals surface area contributed by atoms with E-state index in [1.54, 1.807) is 0 Å². The normalized spacial score (nSPS) is 33.2. The standard InChI is InChI=1S/C12H19F3O2/c1-2-3-9-4-5-11(16-6-7-17-11)8-10(9)12(13,14)15/h9-10H,2-8H2,1H3/t9-,10?/m1/s1. The van der Waals surface area contributed by atoms with Gasteiger partial charge in [0.15, 0.2) is 5.79 Å². The molecule has 0 radical (unpaired) electrons. The molecule has 0 aromatic rings. The topological polar surface area (TPSA) is 18.5 Å². The van der Waals surface area contributed by atoms with Crippen LogP contribution in [0, 0.1) is 11.8 Å². The maximum atomic E-state index is 13.0. The van der Waals surface area contributed by atoms with Gasteiger partial charge in [-0.15, -0.1) is 0 Å². The number of ether oxygens (including phenoxy) is 2. The van der Waals surface area contributed by atoms with Crippen LogP contribution in [-0.2, 0) is 9.47 Å². The molecule has 1 saturated carbocycles. The lowest BCUT2D eigenvalue weighted by Gasteiger charge is -2.41. The van der Waals surface area contributed by atoms with Crippen LogP contribution in [0.4, 0.5) is 13.2 Å². The van der Waals surface area contributed by atoms with Gasteiger partial charge >= 0.3 is 6.18 Å². The summed E-state index contributed by atoms with van der Waals surface area (Å²) in [6.07, 6.45) is -1.57. The molecule has 1 heterocycles. The highest BCUT2D eigenvalue weighted by Crippen LogP contribution is 2.49. The molecule has 2 fully saturated rings. The summed E-state index contributed by atoms with van der Waals surface area (Å²) in [6, 6.07) is 0. The molecule has 2 nitrogen and oxygen atoms in total. The van der Waals surface area contributed by atoms with E-state index in [0.717, 1.165) is 6.42 Å². The fourth-order valence-electron chi connectivity index (χ4n) is 3.07. The van der Waals surface area contributed by atoms with Crippen LogP contribution in [0.1, 0.15) is 39.0 Å². The predicted molar refractivity (Wildman–Crippen MR) is 56.4 cm³/mol. The zero-order valence-corrected chi connectivity index (χ0v) is 10.1. The van der Waals surface area contributed by atoms with Crippen molar-refractivity contribution in [1.29, 1.82) is 0 Å². The average Bonchev–Trinajstić information content (AvgIpc) is 2.69. The fraction of sp³-hybridized carbons (Fsp3) is 1.00. The van der Waals surface area contributed by atoms with Crippen LogP contribution in [0.25, 0.3) is 0 Å². The van der Waals surface area contributed by atoms with Gasteiger partial charge < -0.3 is 9.47 Å². The van der Waals surface area contributed by atoms with Crippen molar-refractivity contribution < 1.29 is 22.6 Å². The molecule has 1 saturated heterocycles. The van der Waals surface area contributed by atoms with Gasteiger partial charge in [0.2, 0.25) is 0 Å². The van der Waals surface area contributed by atoms with Crippen LogP contribution in [0.3, 0.4) is 0 Å². The Balaban J connectivity index is 2.09. The number of alkyl halides is 3. The lowest BCUT2D eigenvalue weighted by Crippen LogP contribution is -2.45. The van der Waals surface area contributed by atoms with Crippen LogP contribution in [0.2, 0.25) is 0 Å². The molecule has 0 N–H and O–H groups in total. The molecule has 0 bridgehead atoms. The lowest BCUT2D eigenvalue weighted by atomic mass is 9.74. The van der Waals surface area contributed by atoms with E-state index in [4.69, 9.17) is 9.47 Å². The molecule has 1 aliphatic heterocycles. The van der Waals surface area contributed by atoms with Crippen molar-refractivity contribution in [2.45, 2.75) is 51.0 Å². The van der Waals surface area contributed by atoms with E-state index in [1.807, 2.05) is 6.92 Å². The predicted octanol–water partition coefficient (Wildman–Crippen LogP) is 3.51. The number of rotatable bonds is 2. The van der Waals surface area contributed by atoms with Gasteiger partial charge in [-0.25, -0.2) is 0 Å². The average molecular weight is 252 g/mol. The number of hydrogen-bond donors (Lipinski definition) is 0. The van der Waals surface area contributed by atoms with E-state index in [1.165, 1.54) is 0 Å². The highest BCUT2D eigenvalue weighted by Gasteiger charge is 2.54. The Bertz CT molecular complexity index is 259. The Morgan fingerprint density at radius 3 is 2.41 bits per heavy atom.